The molecular formula is C19H16ClNO2S. The lowest BCUT2D eigenvalue weighted by atomic mass is 10.1. The molecule has 2 aromatic carbocycles. The van der Waals surface area contributed by atoms with Crippen LogP contribution in [0.2, 0.25) is 5.02 Å². The van der Waals surface area contributed by atoms with Crippen molar-refractivity contribution in [3.05, 3.63) is 69.6 Å². The highest BCUT2D eigenvalue weighted by Gasteiger charge is 2.39. The normalized spacial score (nSPS) is 14.7. The average Bonchev–Trinajstić information content (AvgIpc) is 2.82. The van der Waals surface area contributed by atoms with Crippen molar-refractivity contribution in [1.82, 2.24) is 0 Å². The largest absolute Gasteiger partial charge is 0.272 e. The Kier molecular flexibility index (Phi) is 4.78. The lowest BCUT2D eigenvalue weighted by Crippen LogP contribution is -2.31. The summed E-state index contributed by atoms with van der Waals surface area (Å²) in [4.78, 5) is 27.6. The molecule has 24 heavy (non-hydrogen) atoms. The Morgan fingerprint density at radius 1 is 1.04 bits per heavy atom. The van der Waals surface area contributed by atoms with Crippen LogP contribution in [-0.2, 0) is 9.59 Å². The number of carbonyl (C=O) groups excluding carboxylic acids is 2. The highest BCUT2D eigenvalue weighted by molar-refractivity contribution is 8.04. The highest BCUT2D eigenvalue weighted by atomic mass is 35.5. The van der Waals surface area contributed by atoms with Gasteiger partial charge in [0.2, 0.25) is 0 Å². The molecule has 0 aromatic heterocycles. The first-order chi connectivity index (χ1) is 11.5. The average molecular weight is 358 g/mol. The second-order valence-corrected chi connectivity index (χ2v) is 7.06. The van der Waals surface area contributed by atoms with Gasteiger partial charge in [-0.05, 0) is 35.9 Å². The van der Waals surface area contributed by atoms with Gasteiger partial charge in [-0.25, -0.2) is 4.90 Å². The summed E-state index contributed by atoms with van der Waals surface area (Å²) in [5.74, 6) is 0.125. The number of halogens is 1. The third-order valence-electron chi connectivity index (χ3n) is 3.81. The van der Waals surface area contributed by atoms with E-state index in [0.717, 1.165) is 11.1 Å². The summed E-state index contributed by atoms with van der Waals surface area (Å²) in [6.07, 6.45) is 0. The third kappa shape index (κ3) is 2.87. The Labute approximate surface area is 150 Å². The van der Waals surface area contributed by atoms with Crippen LogP contribution < -0.4 is 4.90 Å². The fraction of sp³-hybridized carbons (Fsp3) is 0.158. The van der Waals surface area contributed by atoms with Crippen LogP contribution >= 0.6 is 23.4 Å². The summed E-state index contributed by atoms with van der Waals surface area (Å²) in [7, 11) is 0. The molecule has 1 aliphatic heterocycles. The Morgan fingerprint density at radius 2 is 1.75 bits per heavy atom. The molecule has 1 aliphatic rings. The van der Waals surface area contributed by atoms with E-state index in [1.807, 2.05) is 50.2 Å². The Bertz CT molecular complexity index is 846. The predicted octanol–water partition coefficient (Wildman–Crippen LogP) is 4.69. The summed E-state index contributed by atoms with van der Waals surface area (Å²) in [5.41, 5.74) is 2.62. The number of anilines is 1. The van der Waals surface area contributed by atoms with E-state index in [-0.39, 0.29) is 11.8 Å². The molecule has 0 aliphatic carbocycles. The molecular weight excluding hydrogens is 342 g/mol. The van der Waals surface area contributed by atoms with Crippen LogP contribution in [0.15, 0.2) is 53.4 Å². The van der Waals surface area contributed by atoms with Crippen molar-refractivity contribution in [2.24, 2.45) is 0 Å². The minimum Gasteiger partial charge on any atom is -0.268 e. The zero-order valence-corrected chi connectivity index (χ0v) is 14.9. The first-order valence-corrected chi connectivity index (χ1v) is 8.98. The zero-order valence-electron chi connectivity index (χ0n) is 13.4. The van der Waals surface area contributed by atoms with Crippen molar-refractivity contribution in [3.8, 4) is 0 Å². The molecule has 1 heterocycles. The number of hydrogen-bond acceptors (Lipinski definition) is 3. The van der Waals surface area contributed by atoms with Crippen LogP contribution in [-0.4, -0.2) is 17.6 Å². The molecule has 0 spiro atoms. The molecule has 0 saturated carbocycles. The number of nitrogens with zero attached hydrogens (tertiary/aromatic N) is 1. The topological polar surface area (TPSA) is 37.4 Å². The summed E-state index contributed by atoms with van der Waals surface area (Å²) < 4.78 is 0. The first kappa shape index (κ1) is 16.8. The predicted molar refractivity (Wildman–Crippen MR) is 100 cm³/mol. The summed E-state index contributed by atoms with van der Waals surface area (Å²) in [6.45, 7) is 3.84. The van der Waals surface area contributed by atoms with Crippen molar-refractivity contribution in [2.45, 2.75) is 13.8 Å². The van der Waals surface area contributed by atoms with Gasteiger partial charge in [0.05, 0.1) is 16.2 Å². The molecule has 0 unspecified atom stereocenters. The summed E-state index contributed by atoms with van der Waals surface area (Å²) in [5, 5.41) is 0.533. The van der Waals surface area contributed by atoms with Crippen LogP contribution in [0.5, 0.6) is 0 Å². The molecule has 0 radical (unpaired) electrons. The van der Waals surface area contributed by atoms with E-state index >= 15 is 0 Å². The van der Waals surface area contributed by atoms with Gasteiger partial charge in [-0.1, -0.05) is 54.9 Å². The first-order valence-electron chi connectivity index (χ1n) is 7.62. The van der Waals surface area contributed by atoms with Crippen molar-refractivity contribution in [1.29, 1.82) is 0 Å². The number of benzene rings is 2. The number of carbonyl (C=O) groups is 2. The highest BCUT2D eigenvalue weighted by Crippen LogP contribution is 2.38. The van der Waals surface area contributed by atoms with E-state index < -0.39 is 0 Å². The maximum Gasteiger partial charge on any atom is 0.272 e. The van der Waals surface area contributed by atoms with E-state index in [9.17, 15) is 9.59 Å². The van der Waals surface area contributed by atoms with Crippen LogP contribution in [0, 0.1) is 6.92 Å². The summed E-state index contributed by atoms with van der Waals surface area (Å²) >= 11 is 7.56. The summed E-state index contributed by atoms with van der Waals surface area (Å²) in [6, 6.07) is 14.5. The molecule has 2 aromatic rings. The van der Waals surface area contributed by atoms with Gasteiger partial charge < -0.3 is 0 Å². The van der Waals surface area contributed by atoms with Crippen LogP contribution in [0.1, 0.15) is 18.1 Å². The van der Waals surface area contributed by atoms with Gasteiger partial charge >= 0.3 is 0 Å². The fourth-order valence-corrected chi connectivity index (χ4v) is 3.63. The number of thioether (sulfide) groups is 1. The molecule has 0 atom stereocenters. The van der Waals surface area contributed by atoms with Gasteiger partial charge in [-0.15, -0.1) is 11.8 Å². The minimum absolute atomic E-state index is 0.286. The number of aryl methyl sites for hydroxylation is 1. The van der Waals surface area contributed by atoms with Gasteiger partial charge in [0.15, 0.2) is 0 Å². The minimum atomic E-state index is -0.304. The molecule has 3 rings (SSSR count). The Morgan fingerprint density at radius 3 is 2.38 bits per heavy atom. The second kappa shape index (κ2) is 6.83. The fourth-order valence-electron chi connectivity index (χ4n) is 2.60. The smallest absolute Gasteiger partial charge is 0.268 e. The zero-order chi connectivity index (χ0) is 17.3. The second-order valence-electron chi connectivity index (χ2n) is 5.38. The van der Waals surface area contributed by atoms with E-state index in [2.05, 4.69) is 0 Å². The molecule has 0 N–H and O–H groups in total. The maximum atomic E-state index is 13.0. The molecule has 5 heteroatoms. The molecule has 3 nitrogen and oxygen atoms in total. The number of hydrogen-bond donors (Lipinski definition) is 0. The van der Waals surface area contributed by atoms with Crippen molar-refractivity contribution < 1.29 is 9.59 Å². The van der Waals surface area contributed by atoms with Gasteiger partial charge in [-0.2, -0.15) is 0 Å². The van der Waals surface area contributed by atoms with Crippen LogP contribution in [0.3, 0.4) is 0 Å². The third-order valence-corrected chi connectivity index (χ3v) is 5.17. The van der Waals surface area contributed by atoms with Crippen LogP contribution in [0.25, 0.3) is 5.57 Å². The number of rotatable bonds is 4. The lowest BCUT2D eigenvalue weighted by Gasteiger charge is -2.16. The molecule has 2 amide bonds. The maximum absolute atomic E-state index is 13.0. The lowest BCUT2D eigenvalue weighted by molar-refractivity contribution is -0.119. The quantitative estimate of drug-likeness (QED) is 0.745. The van der Waals surface area contributed by atoms with Gasteiger partial charge in [-0.3, -0.25) is 9.59 Å². The SMILES string of the molecule is CCSC1=C(c2ccccc2)C(=O)N(c2ccc(C)c(Cl)c2)C1=O. The molecule has 0 fully saturated rings. The van der Waals surface area contributed by atoms with Gasteiger partial charge in [0, 0.05) is 5.02 Å². The Balaban J connectivity index is 2.09. The van der Waals surface area contributed by atoms with Crippen LogP contribution in [0.4, 0.5) is 5.69 Å². The molecule has 0 saturated heterocycles. The Hall–Kier alpha value is -2.04. The van der Waals surface area contributed by atoms with Gasteiger partial charge in [0.1, 0.15) is 0 Å². The van der Waals surface area contributed by atoms with E-state index in [1.165, 1.54) is 16.7 Å². The number of imide groups is 1. The van der Waals surface area contributed by atoms with E-state index in [0.29, 0.717) is 26.9 Å². The standard InChI is InChI=1S/C19H16ClNO2S/c1-3-24-17-16(13-7-5-4-6-8-13)18(22)21(19(17)23)14-10-9-12(2)15(20)11-14/h4-11H,3H2,1-2H3. The van der Waals surface area contributed by atoms with E-state index in [1.54, 1.807) is 12.1 Å². The van der Waals surface area contributed by atoms with Gasteiger partial charge in [0.25, 0.3) is 11.8 Å². The molecule has 122 valence electrons. The number of amides is 2. The van der Waals surface area contributed by atoms with Crippen molar-refractivity contribution in [3.63, 3.8) is 0 Å². The van der Waals surface area contributed by atoms with Crippen molar-refractivity contribution in [2.75, 3.05) is 10.7 Å². The van der Waals surface area contributed by atoms with Crippen molar-refractivity contribution >= 4 is 46.4 Å². The monoisotopic (exact) mass is 357 g/mol. The van der Waals surface area contributed by atoms with E-state index in [4.69, 9.17) is 11.6 Å². The molecule has 0 bridgehead atoms.